The van der Waals surface area contributed by atoms with Gasteiger partial charge in [-0.3, -0.25) is 0 Å². The number of aromatic nitrogens is 2. The molecule has 0 aliphatic heterocycles. The van der Waals surface area contributed by atoms with E-state index in [4.69, 9.17) is 4.74 Å². The van der Waals surface area contributed by atoms with Crippen LogP contribution in [0.2, 0.25) is 0 Å². The Balaban J connectivity index is 0.000000352. The first-order valence-electron chi connectivity index (χ1n) is 11.0. The largest absolute Gasteiger partial charge is 0.573 e. The molecule has 1 aromatic heterocycles. The van der Waals surface area contributed by atoms with Crippen molar-refractivity contribution in [3.8, 4) is 11.5 Å². The van der Waals surface area contributed by atoms with Gasteiger partial charge in [-0.1, -0.05) is 39.0 Å². The Hall–Kier alpha value is -2.90. The molecule has 4 rings (SSSR count). The highest BCUT2D eigenvalue weighted by atomic mass is 19.4. The molecule has 0 amide bonds. The predicted octanol–water partition coefficient (Wildman–Crippen LogP) is 7.58. The van der Waals surface area contributed by atoms with Crippen LogP contribution in [0.25, 0.3) is 11.0 Å². The third-order valence-electron chi connectivity index (χ3n) is 5.07. The molecule has 1 fully saturated rings. The van der Waals surface area contributed by atoms with Crippen LogP contribution in [0.3, 0.4) is 0 Å². The van der Waals surface area contributed by atoms with Crippen LogP contribution in [0.15, 0.2) is 42.5 Å². The molecule has 0 radical (unpaired) electrons. The van der Waals surface area contributed by atoms with Crippen LogP contribution in [0.1, 0.15) is 52.9 Å². The van der Waals surface area contributed by atoms with Gasteiger partial charge in [-0.25, -0.2) is 4.98 Å². The SMILES string of the molecule is CC(C)Oc1ccc(Nc2nc3ccc(OC(F)(F)F)cc3[nH]2)cc1.CC1CCCCC1. The molecule has 174 valence electrons. The van der Waals surface area contributed by atoms with Gasteiger partial charge in [-0.15, -0.1) is 13.2 Å². The molecule has 0 unspecified atom stereocenters. The van der Waals surface area contributed by atoms with E-state index in [1.807, 2.05) is 38.1 Å². The van der Waals surface area contributed by atoms with Gasteiger partial charge in [0.15, 0.2) is 0 Å². The lowest BCUT2D eigenvalue weighted by Crippen LogP contribution is -2.16. The summed E-state index contributed by atoms with van der Waals surface area (Å²) in [5.41, 5.74) is 1.72. The number of hydrogen-bond acceptors (Lipinski definition) is 4. The summed E-state index contributed by atoms with van der Waals surface area (Å²) in [7, 11) is 0. The quantitative estimate of drug-likeness (QED) is 0.421. The lowest BCUT2D eigenvalue weighted by atomic mass is 9.91. The number of benzene rings is 2. The Morgan fingerprint density at radius 1 is 1.00 bits per heavy atom. The first kappa shape index (κ1) is 23.8. The first-order chi connectivity index (χ1) is 15.2. The second-order valence-electron chi connectivity index (χ2n) is 8.37. The van der Waals surface area contributed by atoms with Gasteiger partial charge in [0.05, 0.1) is 17.1 Å². The summed E-state index contributed by atoms with van der Waals surface area (Å²) in [6, 6.07) is 11.2. The molecule has 0 spiro atoms. The van der Waals surface area contributed by atoms with Gasteiger partial charge in [0.2, 0.25) is 5.95 Å². The summed E-state index contributed by atoms with van der Waals surface area (Å²) in [5, 5.41) is 3.06. The molecule has 1 aliphatic rings. The zero-order valence-electron chi connectivity index (χ0n) is 18.6. The molecular weight excluding hydrogens is 419 g/mol. The van der Waals surface area contributed by atoms with E-state index in [2.05, 4.69) is 26.9 Å². The zero-order valence-corrected chi connectivity index (χ0v) is 18.6. The van der Waals surface area contributed by atoms with Gasteiger partial charge in [-0.2, -0.15) is 0 Å². The van der Waals surface area contributed by atoms with Gasteiger partial charge < -0.3 is 19.8 Å². The van der Waals surface area contributed by atoms with Crippen molar-refractivity contribution >= 4 is 22.7 Å². The topological polar surface area (TPSA) is 59.2 Å². The van der Waals surface area contributed by atoms with E-state index in [9.17, 15) is 13.2 Å². The second-order valence-corrected chi connectivity index (χ2v) is 8.37. The minimum Gasteiger partial charge on any atom is -0.491 e. The van der Waals surface area contributed by atoms with E-state index in [1.165, 1.54) is 50.3 Å². The van der Waals surface area contributed by atoms with Crippen LogP contribution < -0.4 is 14.8 Å². The molecule has 3 aromatic rings. The van der Waals surface area contributed by atoms with Gasteiger partial charge >= 0.3 is 6.36 Å². The van der Waals surface area contributed by atoms with Crippen molar-refractivity contribution in [1.82, 2.24) is 9.97 Å². The Labute approximate surface area is 186 Å². The molecule has 1 aliphatic carbocycles. The Morgan fingerprint density at radius 3 is 2.22 bits per heavy atom. The van der Waals surface area contributed by atoms with Crippen molar-refractivity contribution in [1.29, 1.82) is 0 Å². The van der Waals surface area contributed by atoms with E-state index in [1.54, 1.807) is 0 Å². The van der Waals surface area contributed by atoms with Crippen molar-refractivity contribution in [2.75, 3.05) is 5.32 Å². The maximum absolute atomic E-state index is 12.3. The second kappa shape index (κ2) is 10.6. The normalized spacial score (nSPS) is 14.7. The Bertz CT molecular complexity index is 978. The van der Waals surface area contributed by atoms with Crippen molar-refractivity contribution in [2.45, 2.75) is 65.3 Å². The van der Waals surface area contributed by atoms with Gasteiger partial charge in [0.1, 0.15) is 11.5 Å². The van der Waals surface area contributed by atoms with E-state index in [0.717, 1.165) is 17.4 Å². The molecule has 32 heavy (non-hydrogen) atoms. The molecule has 2 aromatic carbocycles. The predicted molar refractivity (Wildman–Crippen MR) is 121 cm³/mol. The van der Waals surface area contributed by atoms with Crippen molar-refractivity contribution in [3.63, 3.8) is 0 Å². The highest BCUT2D eigenvalue weighted by Crippen LogP contribution is 2.27. The number of hydrogen-bond donors (Lipinski definition) is 2. The van der Waals surface area contributed by atoms with Crippen LogP contribution in [-0.2, 0) is 0 Å². The molecule has 1 heterocycles. The van der Waals surface area contributed by atoms with Crippen LogP contribution in [-0.4, -0.2) is 22.4 Å². The third kappa shape index (κ3) is 7.66. The Kier molecular flexibility index (Phi) is 7.88. The molecule has 5 nitrogen and oxygen atoms in total. The zero-order chi connectivity index (χ0) is 23.1. The third-order valence-corrected chi connectivity index (χ3v) is 5.07. The van der Waals surface area contributed by atoms with E-state index in [0.29, 0.717) is 17.0 Å². The first-order valence-corrected chi connectivity index (χ1v) is 11.0. The molecule has 1 saturated carbocycles. The summed E-state index contributed by atoms with van der Waals surface area (Å²) < 4.78 is 46.3. The van der Waals surface area contributed by atoms with Gasteiger partial charge in [-0.05, 0) is 56.2 Å². The van der Waals surface area contributed by atoms with Gasteiger partial charge in [0.25, 0.3) is 0 Å². The fourth-order valence-corrected chi connectivity index (χ4v) is 3.58. The molecule has 8 heteroatoms. The fourth-order valence-electron chi connectivity index (χ4n) is 3.58. The number of rotatable bonds is 5. The van der Waals surface area contributed by atoms with Crippen molar-refractivity contribution in [3.05, 3.63) is 42.5 Å². The number of fused-ring (bicyclic) bond motifs is 1. The summed E-state index contributed by atoms with van der Waals surface area (Å²) in [6.07, 6.45) is 2.80. The summed E-state index contributed by atoms with van der Waals surface area (Å²) >= 11 is 0. The van der Waals surface area contributed by atoms with Crippen LogP contribution in [0.4, 0.5) is 24.8 Å². The van der Waals surface area contributed by atoms with E-state index in [-0.39, 0.29) is 11.9 Å². The molecule has 2 N–H and O–H groups in total. The monoisotopic (exact) mass is 449 g/mol. The number of halogens is 3. The number of alkyl halides is 3. The summed E-state index contributed by atoms with van der Waals surface area (Å²) in [6.45, 7) is 6.24. The van der Waals surface area contributed by atoms with E-state index >= 15 is 0 Å². The summed E-state index contributed by atoms with van der Waals surface area (Å²) in [5.74, 6) is 1.90. The lowest BCUT2D eigenvalue weighted by molar-refractivity contribution is -0.274. The van der Waals surface area contributed by atoms with Crippen LogP contribution in [0, 0.1) is 5.92 Å². The van der Waals surface area contributed by atoms with Crippen molar-refractivity contribution in [2.24, 2.45) is 5.92 Å². The average Bonchev–Trinajstić information content (AvgIpc) is 3.10. The number of anilines is 2. The number of nitrogens with one attached hydrogen (secondary N) is 2. The maximum atomic E-state index is 12.3. The molecule has 0 bridgehead atoms. The number of nitrogens with zero attached hydrogens (tertiary/aromatic N) is 1. The minimum absolute atomic E-state index is 0.0855. The maximum Gasteiger partial charge on any atom is 0.573 e. The fraction of sp³-hybridized carbons (Fsp3) is 0.458. The highest BCUT2D eigenvalue weighted by Gasteiger charge is 2.31. The average molecular weight is 450 g/mol. The molecular formula is C24H30F3N3O2. The smallest absolute Gasteiger partial charge is 0.491 e. The molecule has 0 atom stereocenters. The minimum atomic E-state index is -4.73. The van der Waals surface area contributed by atoms with Gasteiger partial charge in [0, 0.05) is 11.8 Å². The van der Waals surface area contributed by atoms with Crippen LogP contribution in [0.5, 0.6) is 11.5 Å². The van der Waals surface area contributed by atoms with Crippen molar-refractivity contribution < 1.29 is 22.6 Å². The number of aromatic amines is 1. The van der Waals surface area contributed by atoms with E-state index < -0.39 is 6.36 Å². The van der Waals surface area contributed by atoms with Crippen LogP contribution >= 0.6 is 0 Å². The summed E-state index contributed by atoms with van der Waals surface area (Å²) in [4.78, 5) is 7.20. The highest BCUT2D eigenvalue weighted by molar-refractivity contribution is 5.80. The standard InChI is InChI=1S/C17H16F3N3O2.C7H14/c1-10(2)24-12-5-3-11(4-6-12)21-16-22-14-8-7-13(9-15(14)23-16)25-17(18,19)20;1-7-5-3-2-4-6-7/h3-10H,1-2H3,(H2,21,22,23);7H,2-6H2,1H3. The molecule has 0 saturated heterocycles. The number of imidazole rings is 1. The lowest BCUT2D eigenvalue weighted by Gasteiger charge is -2.15. The number of H-pyrrole nitrogens is 1. The Morgan fingerprint density at radius 2 is 1.66 bits per heavy atom. The number of ether oxygens (including phenoxy) is 2.